The number of fused-ring (bicyclic) bond motifs is 1. The molecule has 0 fully saturated rings. The minimum absolute atomic E-state index is 0.0937. The van der Waals surface area contributed by atoms with Crippen molar-refractivity contribution >= 4 is 23.1 Å². The van der Waals surface area contributed by atoms with Gasteiger partial charge < -0.3 is 9.80 Å². The topological polar surface area (TPSA) is 136 Å². The summed E-state index contributed by atoms with van der Waals surface area (Å²) in [6.45, 7) is 2.37. The smallest absolute Gasteiger partial charge is 0.277 e. The maximum absolute atomic E-state index is 12.9. The standard InChI is InChI=1S/C17H18N6O5/c1-10-18-15-4-5-21(9-14(15)16(19-10)20(2)3)17(24)11-6-12(22(25)26)8-13(7-11)23(27)28/h6-8H,4-5,9H2,1-3H3. The molecule has 0 unspecified atom stereocenters. The Morgan fingerprint density at radius 2 is 1.71 bits per heavy atom. The molecule has 1 aromatic heterocycles. The maximum atomic E-state index is 12.9. The van der Waals surface area contributed by atoms with Crippen LogP contribution in [-0.4, -0.2) is 51.3 Å². The Labute approximate surface area is 159 Å². The van der Waals surface area contributed by atoms with Crippen LogP contribution in [0, 0.1) is 27.2 Å². The summed E-state index contributed by atoms with van der Waals surface area (Å²) in [4.78, 5) is 45.8. The summed E-state index contributed by atoms with van der Waals surface area (Å²) in [5, 5.41) is 22.2. The van der Waals surface area contributed by atoms with Gasteiger partial charge in [-0.1, -0.05) is 0 Å². The van der Waals surface area contributed by atoms with Gasteiger partial charge in [-0.15, -0.1) is 0 Å². The number of carbonyl (C=O) groups is 1. The van der Waals surface area contributed by atoms with Crippen LogP contribution in [-0.2, 0) is 13.0 Å². The molecule has 2 aromatic rings. The number of nitrogens with zero attached hydrogens (tertiary/aromatic N) is 6. The van der Waals surface area contributed by atoms with Gasteiger partial charge in [-0.25, -0.2) is 9.97 Å². The van der Waals surface area contributed by atoms with Crippen LogP contribution in [0.25, 0.3) is 0 Å². The highest BCUT2D eigenvalue weighted by molar-refractivity contribution is 5.95. The predicted octanol–water partition coefficient (Wildman–Crippen LogP) is 1.87. The summed E-state index contributed by atoms with van der Waals surface area (Å²) in [5.41, 5.74) is 0.565. The summed E-state index contributed by atoms with van der Waals surface area (Å²) in [6.07, 6.45) is 0.502. The molecule has 1 amide bonds. The molecule has 28 heavy (non-hydrogen) atoms. The molecule has 3 rings (SSSR count). The van der Waals surface area contributed by atoms with Gasteiger partial charge in [0.1, 0.15) is 11.6 Å². The van der Waals surface area contributed by atoms with Gasteiger partial charge >= 0.3 is 0 Å². The van der Waals surface area contributed by atoms with E-state index in [9.17, 15) is 25.0 Å². The lowest BCUT2D eigenvalue weighted by Crippen LogP contribution is -2.37. The first-order valence-corrected chi connectivity index (χ1v) is 8.44. The van der Waals surface area contributed by atoms with Gasteiger partial charge in [0.25, 0.3) is 17.3 Å². The zero-order valence-electron chi connectivity index (χ0n) is 15.6. The second-order valence-electron chi connectivity index (χ2n) is 6.64. The van der Waals surface area contributed by atoms with Crippen LogP contribution in [0.1, 0.15) is 27.4 Å². The molecule has 0 atom stereocenters. The van der Waals surface area contributed by atoms with E-state index in [1.54, 1.807) is 6.92 Å². The molecular formula is C17H18N6O5. The third-order valence-corrected chi connectivity index (χ3v) is 4.43. The Hall–Kier alpha value is -3.63. The number of non-ortho nitro benzene ring substituents is 2. The molecule has 0 N–H and O–H groups in total. The first kappa shape index (κ1) is 19.1. The number of hydrogen-bond donors (Lipinski definition) is 0. The van der Waals surface area contributed by atoms with E-state index in [-0.39, 0.29) is 12.1 Å². The van der Waals surface area contributed by atoms with E-state index in [1.807, 2.05) is 19.0 Å². The van der Waals surface area contributed by atoms with Crippen molar-refractivity contribution in [1.82, 2.24) is 14.9 Å². The summed E-state index contributed by atoms with van der Waals surface area (Å²) >= 11 is 0. The van der Waals surface area contributed by atoms with Gasteiger partial charge in [-0.3, -0.25) is 25.0 Å². The van der Waals surface area contributed by atoms with E-state index in [0.717, 1.165) is 29.5 Å². The Bertz CT molecular complexity index is 958. The molecule has 0 bridgehead atoms. The lowest BCUT2D eigenvalue weighted by Gasteiger charge is -2.31. The van der Waals surface area contributed by atoms with E-state index < -0.39 is 27.1 Å². The fourth-order valence-electron chi connectivity index (χ4n) is 3.17. The number of rotatable bonds is 4. The van der Waals surface area contributed by atoms with E-state index >= 15 is 0 Å². The molecule has 0 aliphatic carbocycles. The third kappa shape index (κ3) is 3.59. The number of benzene rings is 1. The lowest BCUT2D eigenvalue weighted by molar-refractivity contribution is -0.394. The van der Waals surface area contributed by atoms with Crippen molar-refractivity contribution in [2.24, 2.45) is 0 Å². The van der Waals surface area contributed by atoms with Crippen LogP contribution < -0.4 is 4.90 Å². The minimum atomic E-state index is -0.754. The molecule has 146 valence electrons. The normalized spacial score (nSPS) is 13.0. The van der Waals surface area contributed by atoms with Crippen LogP contribution in [0.2, 0.25) is 0 Å². The molecule has 11 nitrogen and oxygen atoms in total. The summed E-state index contributed by atoms with van der Waals surface area (Å²) in [7, 11) is 3.68. The number of carbonyl (C=O) groups excluding carboxylic acids is 1. The highest BCUT2D eigenvalue weighted by Crippen LogP contribution is 2.28. The molecule has 1 aromatic carbocycles. The lowest BCUT2D eigenvalue weighted by atomic mass is 10.0. The van der Waals surface area contributed by atoms with Crippen LogP contribution in [0.5, 0.6) is 0 Å². The van der Waals surface area contributed by atoms with Gasteiger partial charge in [-0.2, -0.15) is 0 Å². The van der Waals surface area contributed by atoms with Crippen LogP contribution in [0.15, 0.2) is 18.2 Å². The monoisotopic (exact) mass is 386 g/mol. The van der Waals surface area contributed by atoms with Gasteiger partial charge in [0, 0.05) is 44.8 Å². The van der Waals surface area contributed by atoms with Gasteiger partial charge in [0.05, 0.1) is 33.7 Å². The quantitative estimate of drug-likeness (QED) is 0.574. The number of aromatic nitrogens is 2. The van der Waals surface area contributed by atoms with Crippen molar-refractivity contribution in [3.63, 3.8) is 0 Å². The summed E-state index contributed by atoms with van der Waals surface area (Å²) in [6, 6.07) is 2.95. The number of nitro benzene ring substituents is 2. The Morgan fingerprint density at radius 1 is 1.11 bits per heavy atom. The molecule has 2 heterocycles. The molecule has 0 saturated carbocycles. The summed E-state index contributed by atoms with van der Waals surface area (Å²) < 4.78 is 0. The van der Waals surface area contributed by atoms with E-state index in [2.05, 4.69) is 9.97 Å². The van der Waals surface area contributed by atoms with E-state index in [0.29, 0.717) is 24.6 Å². The average molecular weight is 386 g/mol. The fourth-order valence-corrected chi connectivity index (χ4v) is 3.17. The SMILES string of the molecule is Cc1nc2c(c(N(C)C)n1)CN(C(=O)c1cc([N+](=O)[O-])cc([N+](=O)[O-])c1)CC2. The van der Waals surface area contributed by atoms with Crippen LogP contribution >= 0.6 is 0 Å². The molecule has 0 spiro atoms. The Morgan fingerprint density at radius 3 is 2.25 bits per heavy atom. The Kier molecular flexibility index (Phi) is 4.91. The highest BCUT2D eigenvalue weighted by Gasteiger charge is 2.28. The molecule has 0 saturated heterocycles. The largest absolute Gasteiger partial charge is 0.362 e. The highest BCUT2D eigenvalue weighted by atomic mass is 16.6. The number of amides is 1. The van der Waals surface area contributed by atoms with E-state index in [4.69, 9.17) is 0 Å². The number of aryl methyl sites for hydroxylation is 1. The first-order valence-electron chi connectivity index (χ1n) is 8.44. The number of anilines is 1. The number of nitro groups is 2. The molecule has 11 heteroatoms. The van der Waals surface area contributed by atoms with Gasteiger partial charge in [0.15, 0.2) is 0 Å². The number of hydrogen-bond acceptors (Lipinski definition) is 8. The van der Waals surface area contributed by atoms with Crippen molar-refractivity contribution in [3.8, 4) is 0 Å². The van der Waals surface area contributed by atoms with E-state index in [1.165, 1.54) is 4.90 Å². The molecule has 1 aliphatic rings. The zero-order chi connectivity index (χ0) is 20.6. The minimum Gasteiger partial charge on any atom is -0.362 e. The first-order chi connectivity index (χ1) is 13.2. The Balaban J connectivity index is 1.98. The summed E-state index contributed by atoms with van der Waals surface area (Å²) in [5.74, 6) is 0.823. The van der Waals surface area contributed by atoms with Crippen LogP contribution in [0.3, 0.4) is 0 Å². The molecular weight excluding hydrogens is 368 g/mol. The fraction of sp³-hybridized carbons (Fsp3) is 0.353. The van der Waals surface area contributed by atoms with Crippen molar-refractivity contribution < 1.29 is 14.6 Å². The van der Waals surface area contributed by atoms with Crippen molar-refractivity contribution in [3.05, 3.63) is 61.1 Å². The second kappa shape index (κ2) is 7.18. The average Bonchev–Trinajstić information content (AvgIpc) is 2.65. The maximum Gasteiger partial charge on any atom is 0.277 e. The molecule has 0 radical (unpaired) electrons. The van der Waals surface area contributed by atoms with Crippen molar-refractivity contribution in [1.29, 1.82) is 0 Å². The molecule has 1 aliphatic heterocycles. The van der Waals surface area contributed by atoms with Crippen LogP contribution in [0.4, 0.5) is 17.2 Å². The van der Waals surface area contributed by atoms with Crippen molar-refractivity contribution in [2.45, 2.75) is 19.9 Å². The second-order valence-corrected chi connectivity index (χ2v) is 6.64. The van der Waals surface area contributed by atoms with Gasteiger partial charge in [0.2, 0.25) is 0 Å². The predicted molar refractivity (Wildman–Crippen MR) is 99.3 cm³/mol. The zero-order valence-corrected chi connectivity index (χ0v) is 15.6. The third-order valence-electron chi connectivity index (χ3n) is 4.43. The van der Waals surface area contributed by atoms with Gasteiger partial charge in [-0.05, 0) is 6.92 Å². The van der Waals surface area contributed by atoms with Crippen molar-refractivity contribution in [2.75, 3.05) is 25.5 Å².